The average molecular weight is 357 g/mol. The van der Waals surface area contributed by atoms with E-state index in [2.05, 4.69) is 0 Å². The van der Waals surface area contributed by atoms with E-state index in [1.54, 1.807) is 18.2 Å². The van der Waals surface area contributed by atoms with Crippen molar-refractivity contribution in [3.05, 3.63) is 71.3 Å². The molecule has 1 atom stereocenters. The van der Waals surface area contributed by atoms with Gasteiger partial charge in [-0.15, -0.1) is 0 Å². The van der Waals surface area contributed by atoms with Crippen molar-refractivity contribution in [2.45, 2.75) is 30.8 Å². The van der Waals surface area contributed by atoms with Gasteiger partial charge in [-0.2, -0.15) is 0 Å². The number of rotatable bonds is 3. The third-order valence-corrected chi connectivity index (χ3v) is 5.59. The maximum atomic E-state index is 13.7. The molecule has 136 valence electrons. The van der Waals surface area contributed by atoms with Crippen molar-refractivity contribution < 1.29 is 18.3 Å². The second kappa shape index (κ2) is 6.80. The van der Waals surface area contributed by atoms with Crippen LogP contribution in [0.25, 0.3) is 0 Å². The number of halogens is 2. The van der Waals surface area contributed by atoms with Crippen LogP contribution >= 0.6 is 0 Å². The lowest BCUT2D eigenvalue weighted by Crippen LogP contribution is -2.54. The van der Waals surface area contributed by atoms with Crippen LogP contribution < -0.4 is 0 Å². The van der Waals surface area contributed by atoms with E-state index in [1.807, 2.05) is 11.0 Å². The van der Waals surface area contributed by atoms with Crippen LogP contribution in [0.3, 0.4) is 0 Å². The summed E-state index contributed by atoms with van der Waals surface area (Å²) in [6.07, 6.45) is 2.19. The molecule has 2 aromatic rings. The monoisotopic (exact) mass is 357 g/mol. The normalized spacial score (nSPS) is 21.9. The minimum atomic E-state index is -0.618. The Balaban J connectivity index is 1.56. The Labute approximate surface area is 151 Å². The largest absolute Gasteiger partial charge is 0.370 e. The quantitative estimate of drug-likeness (QED) is 0.831. The van der Waals surface area contributed by atoms with E-state index >= 15 is 0 Å². The lowest BCUT2D eigenvalue weighted by molar-refractivity contribution is -0.148. The molecule has 2 fully saturated rings. The van der Waals surface area contributed by atoms with Gasteiger partial charge in [0.15, 0.2) is 0 Å². The summed E-state index contributed by atoms with van der Waals surface area (Å²) in [6.45, 7) is 1.39. The first-order chi connectivity index (χ1) is 12.6. The van der Waals surface area contributed by atoms with Gasteiger partial charge in [0.05, 0.1) is 18.6 Å². The number of morpholine rings is 1. The molecule has 5 heteroatoms. The van der Waals surface area contributed by atoms with E-state index in [4.69, 9.17) is 4.74 Å². The molecule has 1 saturated heterocycles. The predicted octanol–water partition coefficient (Wildman–Crippen LogP) is 3.99. The van der Waals surface area contributed by atoms with Crippen LogP contribution in [0.4, 0.5) is 8.78 Å². The summed E-state index contributed by atoms with van der Waals surface area (Å²) in [5.41, 5.74) is 1.00. The summed E-state index contributed by atoms with van der Waals surface area (Å²) < 4.78 is 32.7. The van der Waals surface area contributed by atoms with E-state index in [0.717, 1.165) is 30.4 Å². The number of benzene rings is 2. The number of hydrogen-bond donors (Lipinski definition) is 0. The van der Waals surface area contributed by atoms with Gasteiger partial charge >= 0.3 is 0 Å². The first-order valence-electron chi connectivity index (χ1n) is 9.01. The fourth-order valence-electron chi connectivity index (χ4n) is 3.96. The SMILES string of the molecule is O=C(N1CCOC(c2ccc(F)cc2)C1)C1(c2cccc(F)c2)CCC1. The molecule has 1 saturated carbocycles. The van der Waals surface area contributed by atoms with Crippen molar-refractivity contribution in [3.63, 3.8) is 0 Å². The maximum absolute atomic E-state index is 13.7. The van der Waals surface area contributed by atoms with E-state index in [-0.39, 0.29) is 23.6 Å². The fourth-order valence-corrected chi connectivity index (χ4v) is 3.96. The first kappa shape index (κ1) is 17.2. The molecule has 4 rings (SSSR count). The molecular formula is C21H21F2NO2. The molecule has 26 heavy (non-hydrogen) atoms. The molecule has 3 nitrogen and oxygen atoms in total. The van der Waals surface area contributed by atoms with Crippen LogP contribution in [0.15, 0.2) is 48.5 Å². The third-order valence-electron chi connectivity index (χ3n) is 5.59. The minimum absolute atomic E-state index is 0.0461. The van der Waals surface area contributed by atoms with Crippen LogP contribution in [0.2, 0.25) is 0 Å². The molecule has 0 aromatic heterocycles. The number of nitrogens with zero attached hydrogens (tertiary/aromatic N) is 1. The molecule has 1 amide bonds. The van der Waals surface area contributed by atoms with Crippen molar-refractivity contribution >= 4 is 5.91 Å². The Morgan fingerprint density at radius 3 is 2.50 bits per heavy atom. The minimum Gasteiger partial charge on any atom is -0.370 e. The van der Waals surface area contributed by atoms with Crippen molar-refractivity contribution in [1.82, 2.24) is 4.90 Å². The highest BCUT2D eigenvalue weighted by molar-refractivity contribution is 5.89. The average Bonchev–Trinajstić information content (AvgIpc) is 2.61. The van der Waals surface area contributed by atoms with E-state index in [9.17, 15) is 13.6 Å². The van der Waals surface area contributed by atoms with E-state index in [0.29, 0.717) is 19.7 Å². The second-order valence-corrected chi connectivity index (χ2v) is 7.11. The Bertz CT molecular complexity index is 802. The van der Waals surface area contributed by atoms with Crippen LogP contribution in [0.1, 0.15) is 36.5 Å². The number of amides is 1. The smallest absolute Gasteiger partial charge is 0.233 e. The van der Waals surface area contributed by atoms with E-state index < -0.39 is 5.41 Å². The summed E-state index contributed by atoms with van der Waals surface area (Å²) >= 11 is 0. The van der Waals surface area contributed by atoms with Crippen molar-refractivity contribution in [1.29, 1.82) is 0 Å². The molecule has 2 aliphatic rings. The van der Waals surface area contributed by atoms with Crippen molar-refractivity contribution in [3.8, 4) is 0 Å². The molecule has 0 spiro atoms. The molecule has 0 N–H and O–H groups in total. The molecular weight excluding hydrogens is 336 g/mol. The van der Waals surface area contributed by atoms with Gasteiger partial charge in [0.1, 0.15) is 17.7 Å². The van der Waals surface area contributed by atoms with Gasteiger partial charge in [-0.1, -0.05) is 30.7 Å². The Morgan fingerprint density at radius 2 is 1.85 bits per heavy atom. The molecule has 2 aromatic carbocycles. The molecule has 1 aliphatic carbocycles. The topological polar surface area (TPSA) is 29.5 Å². The zero-order valence-electron chi connectivity index (χ0n) is 14.5. The predicted molar refractivity (Wildman–Crippen MR) is 93.6 cm³/mol. The summed E-state index contributed by atoms with van der Waals surface area (Å²) in [5.74, 6) is -0.561. The van der Waals surface area contributed by atoms with Crippen LogP contribution in [-0.4, -0.2) is 30.5 Å². The highest BCUT2D eigenvalue weighted by Crippen LogP contribution is 2.46. The molecule has 1 unspecified atom stereocenters. The summed E-state index contributed by atoms with van der Waals surface area (Å²) in [7, 11) is 0. The maximum Gasteiger partial charge on any atom is 0.233 e. The molecule has 1 heterocycles. The lowest BCUT2D eigenvalue weighted by Gasteiger charge is -2.46. The Morgan fingerprint density at radius 1 is 1.08 bits per heavy atom. The highest BCUT2D eigenvalue weighted by Gasteiger charge is 2.48. The summed E-state index contributed by atoms with van der Waals surface area (Å²) in [5, 5.41) is 0. The van der Waals surface area contributed by atoms with Gasteiger partial charge in [-0.25, -0.2) is 8.78 Å². The van der Waals surface area contributed by atoms with Crippen molar-refractivity contribution in [2.75, 3.05) is 19.7 Å². The van der Waals surface area contributed by atoms with E-state index in [1.165, 1.54) is 24.3 Å². The van der Waals surface area contributed by atoms with Crippen molar-refractivity contribution in [2.24, 2.45) is 0 Å². The van der Waals surface area contributed by atoms with Gasteiger partial charge in [0, 0.05) is 6.54 Å². The lowest BCUT2D eigenvalue weighted by atomic mass is 9.63. The van der Waals surface area contributed by atoms with Crippen LogP contribution in [-0.2, 0) is 14.9 Å². The standard InChI is InChI=1S/C21H21F2NO2/c22-17-7-5-15(6-8-17)19-14-24(11-12-26-19)20(25)21(9-2-10-21)16-3-1-4-18(23)13-16/h1,3-8,13,19H,2,9-12,14H2. The zero-order valence-corrected chi connectivity index (χ0v) is 14.5. The van der Waals surface area contributed by atoms with Gasteiger partial charge in [-0.05, 0) is 48.2 Å². The molecule has 0 radical (unpaired) electrons. The number of hydrogen-bond acceptors (Lipinski definition) is 2. The number of carbonyl (C=O) groups excluding carboxylic acids is 1. The highest BCUT2D eigenvalue weighted by atomic mass is 19.1. The molecule has 0 bridgehead atoms. The number of carbonyl (C=O) groups is 1. The third kappa shape index (κ3) is 3.01. The zero-order chi connectivity index (χ0) is 18.1. The Hall–Kier alpha value is -2.27. The Kier molecular flexibility index (Phi) is 4.49. The van der Waals surface area contributed by atoms with Gasteiger partial charge in [0.2, 0.25) is 5.91 Å². The van der Waals surface area contributed by atoms with Crippen LogP contribution in [0.5, 0.6) is 0 Å². The summed E-state index contributed by atoms with van der Waals surface area (Å²) in [4.78, 5) is 15.2. The summed E-state index contributed by atoms with van der Waals surface area (Å²) in [6, 6.07) is 12.6. The fraction of sp³-hybridized carbons (Fsp3) is 0.381. The molecule has 1 aliphatic heterocycles. The second-order valence-electron chi connectivity index (χ2n) is 7.11. The van der Waals surface area contributed by atoms with Gasteiger partial charge < -0.3 is 9.64 Å². The van der Waals surface area contributed by atoms with Gasteiger partial charge in [0.25, 0.3) is 0 Å². The van der Waals surface area contributed by atoms with Gasteiger partial charge in [-0.3, -0.25) is 4.79 Å². The number of ether oxygens (including phenoxy) is 1. The first-order valence-corrected chi connectivity index (χ1v) is 9.01. The van der Waals surface area contributed by atoms with Crippen LogP contribution in [0, 0.1) is 11.6 Å².